The molecule has 0 spiro atoms. The predicted molar refractivity (Wildman–Crippen MR) is 104 cm³/mol. The van der Waals surface area contributed by atoms with E-state index in [2.05, 4.69) is 19.9 Å². The van der Waals surface area contributed by atoms with E-state index in [0.717, 1.165) is 56.0 Å². The van der Waals surface area contributed by atoms with E-state index < -0.39 is 11.6 Å². The lowest BCUT2D eigenvalue weighted by Gasteiger charge is -2.34. The van der Waals surface area contributed by atoms with Gasteiger partial charge in [0.15, 0.2) is 11.6 Å². The van der Waals surface area contributed by atoms with Gasteiger partial charge in [0.25, 0.3) is 0 Å². The van der Waals surface area contributed by atoms with Crippen molar-refractivity contribution in [2.45, 2.75) is 19.4 Å². The minimum absolute atomic E-state index is 0.651. The van der Waals surface area contributed by atoms with Crippen LogP contribution < -0.4 is 0 Å². The zero-order valence-corrected chi connectivity index (χ0v) is 16.3. The van der Waals surface area contributed by atoms with E-state index in [1.54, 1.807) is 17.4 Å². The molecule has 148 valence electrons. The summed E-state index contributed by atoms with van der Waals surface area (Å²) in [6.07, 6.45) is 1.74. The molecule has 0 unspecified atom stereocenters. The van der Waals surface area contributed by atoms with E-state index in [-0.39, 0.29) is 0 Å². The Kier molecular flexibility index (Phi) is 6.09. The number of rotatable bonds is 7. The summed E-state index contributed by atoms with van der Waals surface area (Å²) in [4.78, 5) is 10.2. The van der Waals surface area contributed by atoms with Gasteiger partial charge in [0.05, 0.1) is 4.88 Å². The Hall–Kier alpha value is -2.16. The second-order valence-corrected chi connectivity index (χ2v) is 7.91. The average Bonchev–Trinajstić information content (AvgIpc) is 3.38. The summed E-state index contributed by atoms with van der Waals surface area (Å²) >= 11 is 1.60. The summed E-state index contributed by atoms with van der Waals surface area (Å²) in [7, 11) is 0. The Morgan fingerprint density at radius 3 is 2.61 bits per heavy atom. The Labute approximate surface area is 166 Å². The van der Waals surface area contributed by atoms with Crippen molar-refractivity contribution in [3.05, 3.63) is 58.8 Å². The molecule has 8 heteroatoms. The molecule has 0 radical (unpaired) electrons. The minimum atomic E-state index is -0.794. The maximum atomic E-state index is 13.3. The van der Waals surface area contributed by atoms with Gasteiger partial charge in [-0.15, -0.1) is 11.3 Å². The molecule has 1 fully saturated rings. The molecule has 3 heterocycles. The van der Waals surface area contributed by atoms with Gasteiger partial charge in [-0.05, 0) is 42.1 Å². The Morgan fingerprint density at radius 2 is 1.86 bits per heavy atom. The third-order valence-electron chi connectivity index (χ3n) is 4.93. The Balaban J connectivity index is 1.18. The van der Waals surface area contributed by atoms with Gasteiger partial charge in [0, 0.05) is 39.1 Å². The van der Waals surface area contributed by atoms with Crippen LogP contribution in [-0.2, 0) is 13.0 Å². The maximum Gasteiger partial charge on any atom is 0.227 e. The monoisotopic (exact) mass is 404 g/mol. The minimum Gasteiger partial charge on any atom is -0.339 e. The van der Waals surface area contributed by atoms with E-state index in [4.69, 9.17) is 4.52 Å². The summed E-state index contributed by atoms with van der Waals surface area (Å²) < 4.78 is 31.7. The molecule has 0 atom stereocenters. The fraction of sp³-hybridized carbons (Fsp3) is 0.400. The van der Waals surface area contributed by atoms with Crippen molar-refractivity contribution in [1.82, 2.24) is 19.9 Å². The maximum absolute atomic E-state index is 13.3. The molecular weight excluding hydrogens is 382 g/mol. The van der Waals surface area contributed by atoms with Crippen LogP contribution in [0, 0.1) is 11.6 Å². The SMILES string of the molecule is Fc1ccc(CN2CCN(CCCc3nc(-c4cccs4)no3)CC2)cc1F. The second-order valence-electron chi connectivity index (χ2n) is 6.96. The number of nitrogens with zero attached hydrogens (tertiary/aromatic N) is 4. The van der Waals surface area contributed by atoms with Crippen LogP contribution in [0.15, 0.2) is 40.2 Å². The van der Waals surface area contributed by atoms with Gasteiger partial charge >= 0.3 is 0 Å². The fourth-order valence-corrected chi connectivity index (χ4v) is 4.03. The van der Waals surface area contributed by atoms with Gasteiger partial charge in [0.1, 0.15) is 0 Å². The molecule has 0 aliphatic carbocycles. The molecule has 2 aromatic heterocycles. The van der Waals surface area contributed by atoms with Crippen LogP contribution in [0.2, 0.25) is 0 Å². The lowest BCUT2D eigenvalue weighted by Crippen LogP contribution is -2.46. The summed E-state index contributed by atoms with van der Waals surface area (Å²) in [5.74, 6) is -0.229. The molecule has 1 saturated heterocycles. The summed E-state index contributed by atoms with van der Waals surface area (Å²) in [6.45, 7) is 5.40. The van der Waals surface area contributed by atoms with E-state index in [1.165, 1.54) is 12.1 Å². The number of aryl methyl sites for hydroxylation is 1. The van der Waals surface area contributed by atoms with Gasteiger partial charge in [-0.3, -0.25) is 4.90 Å². The molecule has 1 aliphatic rings. The van der Waals surface area contributed by atoms with Crippen molar-refractivity contribution in [2.75, 3.05) is 32.7 Å². The Bertz CT molecular complexity index is 892. The first-order valence-electron chi connectivity index (χ1n) is 9.42. The molecule has 0 bridgehead atoms. The van der Waals surface area contributed by atoms with E-state index in [0.29, 0.717) is 18.3 Å². The highest BCUT2D eigenvalue weighted by Gasteiger charge is 2.18. The predicted octanol–water partition coefficient (Wildman–Crippen LogP) is 3.83. The fourth-order valence-electron chi connectivity index (χ4n) is 3.38. The molecule has 5 nitrogen and oxygen atoms in total. The highest BCUT2D eigenvalue weighted by molar-refractivity contribution is 7.13. The average molecular weight is 404 g/mol. The number of thiophene rings is 1. The quantitative estimate of drug-likeness (QED) is 0.599. The van der Waals surface area contributed by atoms with Crippen LogP contribution in [-0.4, -0.2) is 52.7 Å². The van der Waals surface area contributed by atoms with Crippen molar-refractivity contribution < 1.29 is 13.3 Å². The first-order valence-corrected chi connectivity index (χ1v) is 10.3. The number of hydrogen-bond donors (Lipinski definition) is 0. The third kappa shape index (κ3) is 4.81. The van der Waals surface area contributed by atoms with Crippen molar-refractivity contribution in [1.29, 1.82) is 0 Å². The van der Waals surface area contributed by atoms with Crippen molar-refractivity contribution in [3.8, 4) is 10.7 Å². The zero-order chi connectivity index (χ0) is 19.3. The van der Waals surface area contributed by atoms with Crippen LogP contribution in [0.1, 0.15) is 17.9 Å². The van der Waals surface area contributed by atoms with E-state index in [9.17, 15) is 8.78 Å². The van der Waals surface area contributed by atoms with Crippen LogP contribution in [0.25, 0.3) is 10.7 Å². The van der Waals surface area contributed by atoms with Crippen LogP contribution >= 0.6 is 11.3 Å². The molecule has 0 N–H and O–H groups in total. The van der Waals surface area contributed by atoms with Gasteiger partial charge in [-0.2, -0.15) is 4.98 Å². The summed E-state index contributed by atoms with van der Waals surface area (Å²) in [6, 6.07) is 8.10. The number of aromatic nitrogens is 2. The highest BCUT2D eigenvalue weighted by Crippen LogP contribution is 2.21. The number of benzene rings is 1. The Morgan fingerprint density at radius 1 is 1.04 bits per heavy atom. The highest BCUT2D eigenvalue weighted by atomic mass is 32.1. The van der Waals surface area contributed by atoms with E-state index in [1.807, 2.05) is 17.5 Å². The molecule has 28 heavy (non-hydrogen) atoms. The van der Waals surface area contributed by atoms with E-state index >= 15 is 0 Å². The van der Waals surface area contributed by atoms with Crippen LogP contribution in [0.5, 0.6) is 0 Å². The molecule has 1 aliphatic heterocycles. The van der Waals surface area contributed by atoms with Crippen molar-refractivity contribution in [3.63, 3.8) is 0 Å². The largest absolute Gasteiger partial charge is 0.339 e. The molecule has 0 saturated carbocycles. The van der Waals surface area contributed by atoms with Crippen LogP contribution in [0.4, 0.5) is 8.78 Å². The first kappa shape index (κ1) is 19.2. The lowest BCUT2D eigenvalue weighted by atomic mass is 10.2. The molecular formula is C20H22F2N4OS. The number of halogens is 2. The number of piperazine rings is 1. The topological polar surface area (TPSA) is 45.4 Å². The summed E-state index contributed by atoms with van der Waals surface area (Å²) in [5.41, 5.74) is 0.810. The van der Waals surface area contributed by atoms with Crippen molar-refractivity contribution in [2.24, 2.45) is 0 Å². The van der Waals surface area contributed by atoms with Crippen molar-refractivity contribution >= 4 is 11.3 Å². The molecule has 0 amide bonds. The number of hydrogen-bond acceptors (Lipinski definition) is 6. The zero-order valence-electron chi connectivity index (χ0n) is 15.5. The first-order chi connectivity index (χ1) is 13.7. The summed E-state index contributed by atoms with van der Waals surface area (Å²) in [5, 5.41) is 6.04. The normalized spacial score (nSPS) is 15.9. The molecule has 1 aromatic carbocycles. The standard InChI is InChI=1S/C20H22F2N4OS/c21-16-6-5-15(13-17(16)22)14-26-10-8-25(9-11-26)7-1-4-19-23-20(24-27-19)18-3-2-12-28-18/h2-3,5-6,12-13H,1,4,7-11,14H2. The van der Waals surface area contributed by atoms with Gasteiger partial charge in [-0.25, -0.2) is 8.78 Å². The van der Waals surface area contributed by atoms with Crippen LogP contribution in [0.3, 0.4) is 0 Å². The smallest absolute Gasteiger partial charge is 0.227 e. The second kappa shape index (κ2) is 8.89. The van der Waals surface area contributed by atoms with Gasteiger partial charge < -0.3 is 9.42 Å². The van der Waals surface area contributed by atoms with Gasteiger partial charge in [-0.1, -0.05) is 17.3 Å². The lowest BCUT2D eigenvalue weighted by molar-refractivity contribution is 0.125. The third-order valence-corrected chi connectivity index (χ3v) is 5.80. The molecule has 3 aromatic rings. The molecule has 4 rings (SSSR count). The van der Waals surface area contributed by atoms with Gasteiger partial charge in [0.2, 0.25) is 11.7 Å².